The number of amides is 3. The molecule has 119 heavy (non-hydrogen) atoms. The number of nitrogens with one attached hydrogen (secondary N) is 9. The lowest BCUT2D eigenvalue weighted by Crippen LogP contribution is -2.17. The highest BCUT2D eigenvalue weighted by Crippen LogP contribution is 2.39. The molecule has 594 valence electrons. The van der Waals surface area contributed by atoms with Gasteiger partial charge >= 0.3 is 0 Å². The number of anilines is 3. The Morgan fingerprint density at radius 1 is 0.387 bits per heavy atom. The number of imidazole rings is 3. The number of aromatic nitrogens is 18. The first-order valence-corrected chi connectivity index (χ1v) is 40.2. The predicted molar refractivity (Wildman–Crippen MR) is 456 cm³/mol. The van der Waals surface area contributed by atoms with Crippen LogP contribution in [0.5, 0.6) is 0 Å². The van der Waals surface area contributed by atoms with E-state index in [1.54, 1.807) is 105 Å². The topological polar surface area (TPSA) is 371 Å². The predicted octanol–water partition coefficient (Wildman–Crippen LogP) is 18.3. The summed E-state index contributed by atoms with van der Waals surface area (Å²) < 4.78 is 66.4. The molecule has 0 aliphatic rings. The third-order valence-electron chi connectivity index (χ3n) is 19.6. The van der Waals surface area contributed by atoms with Gasteiger partial charge in [0.1, 0.15) is 49.9 Å². The first-order valence-electron chi connectivity index (χ1n) is 38.2. The number of benzene rings is 6. The molecule has 12 aromatic heterocycles. The van der Waals surface area contributed by atoms with Gasteiger partial charge in [-0.05, 0) is 137 Å². The number of fused-ring (bicyclic) bond motifs is 6. The van der Waals surface area contributed by atoms with Gasteiger partial charge in [-0.15, -0.1) is 0 Å². The summed E-state index contributed by atoms with van der Waals surface area (Å²) in [5.41, 5.74) is 19.6. The molecule has 18 rings (SSSR count). The summed E-state index contributed by atoms with van der Waals surface area (Å²) in [6.45, 7) is 11.7. The quantitative estimate of drug-likeness (QED) is 0.0342. The van der Waals surface area contributed by atoms with Gasteiger partial charge in [0.25, 0.3) is 0 Å². The lowest BCUT2D eigenvalue weighted by Gasteiger charge is -2.09. The Kier molecular flexibility index (Phi) is 21.8. The van der Waals surface area contributed by atoms with Crippen LogP contribution in [-0.2, 0) is 30.6 Å². The summed E-state index contributed by atoms with van der Waals surface area (Å²) in [5, 5.41) is 34.0. The molecule has 3 amide bonds. The first-order chi connectivity index (χ1) is 57.4. The first kappa shape index (κ1) is 78.1. The average Bonchev–Trinajstić information content (AvgIpc) is 1.63. The molecule has 6 aromatic carbocycles. The molecule has 0 saturated heterocycles. The Labute approximate surface area is 677 Å². The van der Waals surface area contributed by atoms with Gasteiger partial charge in [-0.25, -0.2) is 36.5 Å². The van der Waals surface area contributed by atoms with E-state index in [2.05, 4.69) is 91.4 Å². The third kappa shape index (κ3) is 17.4. The molecule has 0 aliphatic carbocycles. The third-order valence-corrected chi connectivity index (χ3v) is 20.6. The normalized spacial score (nSPS) is 11.6. The fourth-order valence-corrected chi connectivity index (χ4v) is 14.5. The number of pyridine rings is 6. The summed E-state index contributed by atoms with van der Waals surface area (Å²) >= 11 is 0. The van der Waals surface area contributed by atoms with Gasteiger partial charge in [0.15, 0.2) is 17.5 Å². The molecular formula is C89H76F3N21O5S. The Balaban J connectivity index is 0.000000134. The molecule has 26 nitrogen and oxygen atoms in total. The SMILES string of the molecule is CC(C)C(=O)Nc1cncc(-c2ccc3[nH]nc(-c4nc5c(-c6ccccc6F)cncc5[nH]4)c3c2)c1.CC(C)CC(=O)Nc1cncc(-c2ccc3[nH]nc(-c4nc5c(-c6cc(F)cc(CCS(C)(=O)=O)c6)cncc5[nH]4)c3c2)c1.CC(C)CC(=O)Nc1cncc(-c2ccc3[nH]nc(-c4nc5c(-c6cccc(F)c6)cncc5[nH]4)c3c2)c1. The minimum atomic E-state index is -3.20. The number of hydrogen-bond acceptors (Lipinski definition) is 17. The Morgan fingerprint density at radius 3 is 1.24 bits per heavy atom. The van der Waals surface area contributed by atoms with Crippen molar-refractivity contribution < 1.29 is 36.0 Å². The minimum absolute atomic E-state index is 0.0384. The van der Waals surface area contributed by atoms with Crippen LogP contribution >= 0.6 is 0 Å². The van der Waals surface area contributed by atoms with Gasteiger partial charge in [0, 0.05) is 117 Å². The maximum absolute atomic E-state index is 14.6. The van der Waals surface area contributed by atoms with Gasteiger partial charge in [-0.3, -0.25) is 59.6 Å². The maximum Gasteiger partial charge on any atom is 0.226 e. The van der Waals surface area contributed by atoms with Crippen LogP contribution < -0.4 is 16.0 Å². The lowest BCUT2D eigenvalue weighted by molar-refractivity contribution is -0.119. The zero-order valence-corrected chi connectivity index (χ0v) is 66.0. The number of aromatic amines is 6. The zero-order chi connectivity index (χ0) is 82.8. The van der Waals surface area contributed by atoms with Crippen LogP contribution in [0.2, 0.25) is 0 Å². The van der Waals surface area contributed by atoms with E-state index in [0.717, 1.165) is 83.4 Å². The number of rotatable bonds is 20. The highest BCUT2D eigenvalue weighted by atomic mass is 32.2. The molecule has 0 unspecified atom stereocenters. The number of nitrogens with zero attached hydrogens (tertiary/aromatic N) is 12. The standard InChI is InChI=1S/C32H30FN7O3S.C29H24FN7O.C28H22FN7O/c1-18(2)8-29(41)36-24-12-22(14-34-15-24)20-4-5-27-25(13-20)31(40-39-27)32-37-28-17-35-16-26(30(28)38-32)21-9-19(10-23(33)11-21)6-7-44(3,42)43;1-16(2)8-26(38)33-21-10-19(12-31-13-21)17-6-7-24-22(11-17)28(37-36-24)29-34-25-15-32-14-23(27(25)35-29)18-4-3-5-20(30)9-18;1-15(2)28(37)32-18-9-17(11-30-12-18)16-7-8-23-20(10-16)26(36-35-23)27-33-24-14-31-13-21(25(24)34-27)19-5-3-4-6-22(19)29/h4-5,9-18H,6-8H2,1-3H3,(H,36,41)(H,37,38)(H,39,40);3-7,9-16H,8H2,1-2H3,(H,33,38)(H,34,35)(H,36,37);3-15H,1-2H3,(H,32,37)(H,33,34)(H,35,36). The molecule has 9 N–H and O–H groups in total. The molecule has 0 atom stereocenters. The molecule has 18 aromatic rings. The fraction of sp³-hybridized carbons (Fsp3) is 0.157. The van der Waals surface area contributed by atoms with E-state index in [4.69, 9.17) is 15.0 Å². The van der Waals surface area contributed by atoms with Crippen molar-refractivity contribution in [2.75, 3.05) is 28.0 Å². The summed E-state index contributed by atoms with van der Waals surface area (Å²) in [7, 11) is -3.20. The second-order valence-electron chi connectivity index (χ2n) is 30.0. The Morgan fingerprint density at radius 2 is 0.807 bits per heavy atom. The largest absolute Gasteiger partial charge is 0.335 e. The van der Waals surface area contributed by atoms with Crippen LogP contribution in [-0.4, -0.2) is 129 Å². The lowest BCUT2D eigenvalue weighted by atomic mass is 10.0. The molecule has 0 spiro atoms. The van der Waals surface area contributed by atoms with Crippen LogP contribution in [0.4, 0.5) is 30.2 Å². The van der Waals surface area contributed by atoms with E-state index in [1.165, 1.54) is 30.3 Å². The van der Waals surface area contributed by atoms with Gasteiger partial charge in [0.2, 0.25) is 17.7 Å². The van der Waals surface area contributed by atoms with E-state index >= 15 is 0 Å². The van der Waals surface area contributed by atoms with Crippen LogP contribution in [0.25, 0.3) is 167 Å². The molecule has 12 heterocycles. The second kappa shape index (κ2) is 33.2. The van der Waals surface area contributed by atoms with Crippen LogP contribution in [0.1, 0.15) is 59.9 Å². The van der Waals surface area contributed by atoms with Crippen molar-refractivity contribution >= 4 is 110 Å². The average molecular weight is 1610 g/mol. The van der Waals surface area contributed by atoms with E-state index in [1.807, 2.05) is 120 Å². The Hall–Kier alpha value is -14.8. The van der Waals surface area contributed by atoms with Gasteiger partial charge < -0.3 is 30.9 Å². The Bertz CT molecular complexity index is 7050. The fourth-order valence-electron chi connectivity index (χ4n) is 13.9. The van der Waals surface area contributed by atoms with Crippen molar-refractivity contribution in [3.8, 4) is 101 Å². The van der Waals surface area contributed by atoms with Crippen LogP contribution in [0, 0.1) is 35.2 Å². The number of sulfone groups is 1. The number of hydrogen-bond donors (Lipinski definition) is 9. The molecule has 0 radical (unpaired) electrons. The second-order valence-corrected chi connectivity index (χ2v) is 32.3. The molecule has 0 bridgehead atoms. The van der Waals surface area contributed by atoms with Crippen LogP contribution in [0.3, 0.4) is 0 Å². The van der Waals surface area contributed by atoms with E-state index < -0.39 is 15.7 Å². The summed E-state index contributed by atoms with van der Waals surface area (Å²) in [6, 6.07) is 40.8. The smallest absolute Gasteiger partial charge is 0.226 e. The van der Waals surface area contributed by atoms with Crippen molar-refractivity contribution in [3.63, 3.8) is 0 Å². The van der Waals surface area contributed by atoms with Gasteiger partial charge in [-0.1, -0.05) is 96.1 Å². The van der Waals surface area contributed by atoms with Crippen molar-refractivity contribution in [2.45, 2.75) is 60.8 Å². The molecule has 0 aliphatic heterocycles. The number of halogens is 3. The monoisotopic (exact) mass is 1610 g/mol. The number of H-pyrrole nitrogens is 6. The van der Waals surface area contributed by atoms with Crippen LogP contribution in [0.15, 0.2) is 214 Å². The van der Waals surface area contributed by atoms with Gasteiger partial charge in [-0.2, -0.15) is 15.3 Å². The highest BCUT2D eigenvalue weighted by Gasteiger charge is 2.23. The maximum atomic E-state index is 14.6. The molecule has 0 saturated carbocycles. The molecule has 0 fully saturated rings. The molecule has 30 heteroatoms. The highest BCUT2D eigenvalue weighted by molar-refractivity contribution is 7.90. The number of aryl methyl sites for hydroxylation is 1. The number of carbonyl (C=O) groups is 3. The summed E-state index contributed by atoms with van der Waals surface area (Å²) in [5.74, 6) is 0.624. The minimum Gasteiger partial charge on any atom is -0.335 e. The number of carbonyl (C=O) groups excluding carboxylic acids is 3. The zero-order valence-electron chi connectivity index (χ0n) is 65.2. The van der Waals surface area contributed by atoms with Crippen molar-refractivity contribution in [2.24, 2.45) is 17.8 Å². The summed E-state index contributed by atoms with van der Waals surface area (Å²) in [4.78, 5) is 86.9. The van der Waals surface area contributed by atoms with Crippen molar-refractivity contribution in [3.05, 3.63) is 237 Å². The van der Waals surface area contributed by atoms with Crippen molar-refractivity contribution in [1.82, 2.24) is 90.4 Å². The summed E-state index contributed by atoms with van der Waals surface area (Å²) in [6.07, 6.45) is 22.3. The molecular weight excluding hydrogens is 1530 g/mol. The van der Waals surface area contributed by atoms with E-state index in [-0.39, 0.29) is 59.3 Å². The van der Waals surface area contributed by atoms with E-state index in [9.17, 15) is 36.0 Å². The van der Waals surface area contributed by atoms with Crippen molar-refractivity contribution in [1.29, 1.82) is 0 Å². The van der Waals surface area contributed by atoms with Gasteiger partial charge in [0.05, 0.1) is 104 Å². The van der Waals surface area contributed by atoms with E-state index in [0.29, 0.717) is 125 Å².